The van der Waals surface area contributed by atoms with Gasteiger partial charge in [-0.25, -0.2) is 4.79 Å². The lowest BCUT2D eigenvalue weighted by atomic mass is 10.1. The van der Waals surface area contributed by atoms with Crippen molar-refractivity contribution in [2.45, 2.75) is 12.5 Å². The van der Waals surface area contributed by atoms with Crippen LogP contribution in [-0.4, -0.2) is 43.9 Å². The second-order valence-corrected chi connectivity index (χ2v) is 4.06. The topological polar surface area (TPSA) is 111 Å². The lowest BCUT2D eigenvalue weighted by molar-refractivity contribution is -0.118. The minimum absolute atomic E-state index is 0.0422. The van der Waals surface area contributed by atoms with Crippen molar-refractivity contribution in [1.29, 1.82) is 0 Å². The van der Waals surface area contributed by atoms with Gasteiger partial charge in [-0.15, -0.1) is 0 Å². The molecule has 0 radical (unpaired) electrons. The van der Waals surface area contributed by atoms with Crippen LogP contribution in [0.15, 0.2) is 18.2 Å². The van der Waals surface area contributed by atoms with Gasteiger partial charge in [0, 0.05) is 13.7 Å². The largest absolute Gasteiger partial charge is 0.497 e. The normalized spacial score (nSPS) is 11.8. The van der Waals surface area contributed by atoms with E-state index >= 15 is 0 Å². The lowest BCUT2D eigenvalue weighted by Crippen LogP contribution is -2.28. The Bertz CT molecular complexity index is 486. The molecule has 1 amide bonds. The van der Waals surface area contributed by atoms with Crippen molar-refractivity contribution in [2.24, 2.45) is 5.73 Å². The van der Waals surface area contributed by atoms with E-state index in [0.29, 0.717) is 5.75 Å². The average Bonchev–Trinajstić information content (AvgIpc) is 2.44. The maximum Gasteiger partial charge on any atom is 0.337 e. The Morgan fingerprint density at radius 2 is 2.10 bits per heavy atom. The molecule has 1 rings (SSSR count). The molecule has 110 valence electrons. The van der Waals surface area contributed by atoms with E-state index in [1.54, 1.807) is 6.07 Å². The number of methoxy groups -OCH3 is 2. The van der Waals surface area contributed by atoms with Gasteiger partial charge in [0.25, 0.3) is 0 Å². The minimum atomic E-state index is -1.15. The molecule has 0 saturated carbocycles. The monoisotopic (exact) mass is 282 g/mol. The fourth-order valence-corrected chi connectivity index (χ4v) is 1.61. The number of carbonyl (C=O) groups excluding carboxylic acids is 1. The molecule has 1 unspecified atom stereocenters. The first-order valence-electron chi connectivity index (χ1n) is 5.95. The third-order valence-electron chi connectivity index (χ3n) is 2.74. The third kappa shape index (κ3) is 4.22. The summed E-state index contributed by atoms with van der Waals surface area (Å²) in [4.78, 5) is 23.0. The molecule has 0 heterocycles. The number of rotatable bonds is 7. The number of nitrogens with one attached hydrogen (secondary N) is 1. The number of carbonyl (C=O) groups is 2. The van der Waals surface area contributed by atoms with Crippen LogP contribution in [0.5, 0.6) is 5.75 Å². The Morgan fingerprint density at radius 1 is 1.40 bits per heavy atom. The smallest absolute Gasteiger partial charge is 0.337 e. The molecule has 0 saturated heterocycles. The first-order valence-corrected chi connectivity index (χ1v) is 5.95. The van der Waals surface area contributed by atoms with Crippen LogP contribution in [0.4, 0.5) is 5.69 Å². The summed E-state index contributed by atoms with van der Waals surface area (Å²) in [6.07, 6.45) is -0.348. The van der Waals surface area contributed by atoms with Gasteiger partial charge < -0.3 is 25.6 Å². The van der Waals surface area contributed by atoms with Crippen molar-refractivity contribution in [1.82, 2.24) is 0 Å². The maximum atomic E-state index is 11.8. The molecular weight excluding hydrogens is 264 g/mol. The molecule has 0 aromatic heterocycles. The molecule has 7 nitrogen and oxygen atoms in total. The van der Waals surface area contributed by atoms with Crippen LogP contribution in [0.2, 0.25) is 0 Å². The van der Waals surface area contributed by atoms with Gasteiger partial charge in [-0.3, -0.25) is 4.79 Å². The van der Waals surface area contributed by atoms with Gasteiger partial charge in [-0.1, -0.05) is 0 Å². The van der Waals surface area contributed by atoms with Crippen LogP contribution >= 0.6 is 0 Å². The summed E-state index contributed by atoms with van der Waals surface area (Å²) in [5.74, 6) is -1.12. The second kappa shape index (κ2) is 7.46. The van der Waals surface area contributed by atoms with Crippen molar-refractivity contribution in [3.63, 3.8) is 0 Å². The van der Waals surface area contributed by atoms with Gasteiger partial charge >= 0.3 is 5.97 Å². The molecule has 1 aromatic rings. The van der Waals surface area contributed by atoms with E-state index in [4.69, 9.17) is 20.3 Å². The molecule has 1 aromatic carbocycles. The van der Waals surface area contributed by atoms with Crippen molar-refractivity contribution in [3.8, 4) is 5.75 Å². The SMILES string of the molecule is COc1ccc(NC(=O)CC(CN)OC)c(C(=O)O)c1. The average molecular weight is 282 g/mol. The summed E-state index contributed by atoms with van der Waals surface area (Å²) in [6.45, 7) is 0.207. The summed E-state index contributed by atoms with van der Waals surface area (Å²) < 4.78 is 9.95. The Morgan fingerprint density at radius 3 is 2.60 bits per heavy atom. The fraction of sp³-hybridized carbons (Fsp3) is 0.385. The van der Waals surface area contributed by atoms with Crippen molar-refractivity contribution in [3.05, 3.63) is 23.8 Å². The maximum absolute atomic E-state index is 11.8. The van der Waals surface area contributed by atoms with Gasteiger partial charge in [0.1, 0.15) is 5.75 Å². The highest BCUT2D eigenvalue weighted by Crippen LogP contribution is 2.22. The molecule has 0 bridgehead atoms. The Labute approximate surface area is 116 Å². The number of carboxylic acid groups (broad SMARTS) is 1. The van der Waals surface area contributed by atoms with Crippen LogP contribution in [-0.2, 0) is 9.53 Å². The number of carboxylic acids is 1. The van der Waals surface area contributed by atoms with E-state index in [2.05, 4.69) is 5.32 Å². The fourth-order valence-electron chi connectivity index (χ4n) is 1.61. The predicted molar refractivity (Wildman–Crippen MR) is 73.1 cm³/mol. The minimum Gasteiger partial charge on any atom is -0.497 e. The van der Waals surface area contributed by atoms with Gasteiger partial charge in [-0.2, -0.15) is 0 Å². The zero-order chi connectivity index (χ0) is 15.1. The molecule has 7 heteroatoms. The lowest BCUT2D eigenvalue weighted by Gasteiger charge is -2.14. The van der Waals surface area contributed by atoms with Gasteiger partial charge in [0.15, 0.2) is 0 Å². The summed E-state index contributed by atoms with van der Waals surface area (Å²) >= 11 is 0. The molecule has 20 heavy (non-hydrogen) atoms. The van der Waals surface area contributed by atoms with Crippen molar-refractivity contribution < 1.29 is 24.2 Å². The number of amides is 1. The van der Waals surface area contributed by atoms with E-state index in [-0.39, 0.29) is 30.1 Å². The van der Waals surface area contributed by atoms with E-state index in [1.165, 1.54) is 26.4 Å². The Kier molecular flexibility index (Phi) is 5.95. The zero-order valence-electron chi connectivity index (χ0n) is 11.4. The number of nitrogens with two attached hydrogens (primary N) is 1. The summed E-state index contributed by atoms with van der Waals surface area (Å²) in [5, 5.41) is 11.7. The standard InChI is InChI=1S/C13H18N2O5/c1-19-8-3-4-11(10(5-8)13(17)18)15-12(16)6-9(7-14)20-2/h3-5,9H,6-7,14H2,1-2H3,(H,15,16)(H,17,18). The van der Waals surface area contributed by atoms with E-state index in [9.17, 15) is 9.59 Å². The Balaban J connectivity index is 2.86. The highest BCUT2D eigenvalue weighted by Gasteiger charge is 2.16. The van der Waals surface area contributed by atoms with E-state index < -0.39 is 12.1 Å². The Hall–Kier alpha value is -2.12. The van der Waals surface area contributed by atoms with Crippen LogP contribution in [0.1, 0.15) is 16.8 Å². The van der Waals surface area contributed by atoms with Crippen molar-refractivity contribution >= 4 is 17.6 Å². The second-order valence-electron chi connectivity index (χ2n) is 4.06. The summed E-state index contributed by atoms with van der Waals surface area (Å²) in [7, 11) is 2.89. The molecule has 1 atom stereocenters. The summed E-state index contributed by atoms with van der Waals surface area (Å²) in [6, 6.07) is 4.39. The first-order chi connectivity index (χ1) is 9.51. The number of benzene rings is 1. The van der Waals surface area contributed by atoms with E-state index in [0.717, 1.165) is 0 Å². The number of anilines is 1. The van der Waals surface area contributed by atoms with Gasteiger partial charge in [0.2, 0.25) is 5.91 Å². The molecule has 0 fully saturated rings. The molecular formula is C13H18N2O5. The zero-order valence-corrected chi connectivity index (χ0v) is 11.4. The highest BCUT2D eigenvalue weighted by atomic mass is 16.5. The van der Waals surface area contributed by atoms with Crippen LogP contribution < -0.4 is 15.8 Å². The summed E-state index contributed by atoms with van der Waals surface area (Å²) in [5.41, 5.74) is 5.59. The van der Waals surface area contributed by atoms with Crippen LogP contribution in [0.3, 0.4) is 0 Å². The number of aromatic carboxylic acids is 1. The predicted octanol–water partition coefficient (Wildman–Crippen LogP) is 0.696. The molecule has 0 aliphatic carbocycles. The van der Waals surface area contributed by atoms with Crippen molar-refractivity contribution in [2.75, 3.05) is 26.1 Å². The van der Waals surface area contributed by atoms with E-state index in [1.807, 2.05) is 0 Å². The number of hydrogen-bond acceptors (Lipinski definition) is 5. The highest BCUT2D eigenvalue weighted by molar-refractivity contribution is 6.00. The molecule has 0 aliphatic heterocycles. The third-order valence-corrected chi connectivity index (χ3v) is 2.74. The first kappa shape index (κ1) is 15.9. The van der Waals surface area contributed by atoms with Crippen LogP contribution in [0.25, 0.3) is 0 Å². The molecule has 0 spiro atoms. The number of hydrogen-bond donors (Lipinski definition) is 3. The molecule has 4 N–H and O–H groups in total. The van der Waals surface area contributed by atoms with Gasteiger partial charge in [-0.05, 0) is 18.2 Å². The van der Waals surface area contributed by atoms with Gasteiger partial charge in [0.05, 0.1) is 30.9 Å². The quantitative estimate of drug-likeness (QED) is 0.678. The van der Waals surface area contributed by atoms with Crippen LogP contribution in [0, 0.1) is 0 Å². The number of ether oxygens (including phenoxy) is 2. The molecule has 0 aliphatic rings.